The van der Waals surface area contributed by atoms with Crippen LogP contribution in [0.2, 0.25) is 0 Å². The lowest BCUT2D eigenvalue weighted by Gasteiger charge is -2.34. The first-order valence-corrected chi connectivity index (χ1v) is 8.82. The van der Waals surface area contributed by atoms with Crippen LogP contribution in [0.3, 0.4) is 0 Å². The van der Waals surface area contributed by atoms with Crippen molar-refractivity contribution in [3.63, 3.8) is 0 Å². The molecule has 6 heteroatoms. The molecule has 1 N–H and O–H groups in total. The third-order valence-electron chi connectivity index (χ3n) is 4.55. The Morgan fingerprint density at radius 1 is 1.08 bits per heavy atom. The molecule has 1 unspecified atom stereocenters. The number of aryl methyl sites for hydroxylation is 1. The van der Waals surface area contributed by atoms with Crippen LogP contribution in [0.5, 0.6) is 0 Å². The highest BCUT2D eigenvalue weighted by molar-refractivity contribution is 6.42. The molecule has 2 rings (SSSR count). The summed E-state index contributed by atoms with van der Waals surface area (Å²) in [5.41, 5.74) is 1.47. The van der Waals surface area contributed by atoms with Crippen molar-refractivity contribution in [3.8, 4) is 0 Å². The van der Waals surface area contributed by atoms with Crippen molar-refractivity contribution < 1.29 is 14.4 Å². The fourth-order valence-corrected chi connectivity index (χ4v) is 2.71. The van der Waals surface area contributed by atoms with Gasteiger partial charge in [0.25, 0.3) is 5.91 Å². The molecule has 1 aromatic carbocycles. The van der Waals surface area contributed by atoms with Crippen molar-refractivity contribution in [1.82, 2.24) is 15.1 Å². The minimum Gasteiger partial charge on any atom is -0.353 e. The van der Waals surface area contributed by atoms with Crippen LogP contribution in [-0.2, 0) is 9.59 Å². The van der Waals surface area contributed by atoms with Gasteiger partial charge in [-0.1, -0.05) is 36.8 Å². The molecule has 1 heterocycles. The van der Waals surface area contributed by atoms with Crippen molar-refractivity contribution in [3.05, 3.63) is 35.4 Å². The Labute approximate surface area is 149 Å². The number of carbonyl (C=O) groups is 3. The lowest BCUT2D eigenvalue weighted by molar-refractivity contribution is -0.128. The lowest BCUT2D eigenvalue weighted by Crippen LogP contribution is -2.53. The first-order valence-electron chi connectivity index (χ1n) is 8.82. The maximum Gasteiger partial charge on any atom is 0.295 e. The molecule has 2 amide bonds. The Balaban J connectivity index is 1.83. The molecule has 0 radical (unpaired) electrons. The standard InChI is InChI=1S/C19H27N3O3/c1-4-15(3)20-17(23)13-21-9-11-22(12-10-21)19(25)18(24)16-7-5-14(2)6-8-16/h5-8,15H,4,9-13H2,1-3H3,(H,20,23). The molecule has 1 saturated heterocycles. The highest BCUT2D eigenvalue weighted by atomic mass is 16.2. The highest BCUT2D eigenvalue weighted by Gasteiger charge is 2.27. The number of nitrogens with zero attached hydrogens (tertiary/aromatic N) is 2. The van der Waals surface area contributed by atoms with Gasteiger partial charge in [0.1, 0.15) is 0 Å². The van der Waals surface area contributed by atoms with E-state index in [1.807, 2.05) is 37.8 Å². The molecular weight excluding hydrogens is 318 g/mol. The number of amides is 2. The van der Waals surface area contributed by atoms with Crippen LogP contribution in [0, 0.1) is 6.92 Å². The van der Waals surface area contributed by atoms with Gasteiger partial charge in [0.15, 0.2) is 0 Å². The Morgan fingerprint density at radius 2 is 1.68 bits per heavy atom. The normalized spacial score (nSPS) is 16.4. The summed E-state index contributed by atoms with van der Waals surface area (Å²) in [6.07, 6.45) is 0.898. The molecule has 6 nitrogen and oxygen atoms in total. The third-order valence-corrected chi connectivity index (χ3v) is 4.55. The fourth-order valence-electron chi connectivity index (χ4n) is 2.71. The minimum atomic E-state index is -0.469. The monoisotopic (exact) mass is 345 g/mol. The van der Waals surface area contributed by atoms with Gasteiger partial charge < -0.3 is 10.2 Å². The second kappa shape index (κ2) is 8.76. The molecule has 0 spiro atoms. The first kappa shape index (κ1) is 19.1. The van der Waals surface area contributed by atoms with Crippen molar-refractivity contribution in [2.45, 2.75) is 33.2 Å². The van der Waals surface area contributed by atoms with Crippen molar-refractivity contribution in [1.29, 1.82) is 0 Å². The molecule has 1 atom stereocenters. The maximum atomic E-state index is 12.4. The number of piperazine rings is 1. The number of nitrogens with one attached hydrogen (secondary N) is 1. The molecule has 1 fully saturated rings. The number of hydrogen-bond acceptors (Lipinski definition) is 4. The van der Waals surface area contributed by atoms with E-state index in [1.54, 1.807) is 17.0 Å². The Kier molecular flexibility index (Phi) is 6.70. The average molecular weight is 345 g/mol. The van der Waals surface area contributed by atoms with Gasteiger partial charge in [-0.05, 0) is 20.3 Å². The van der Waals surface area contributed by atoms with E-state index in [0.29, 0.717) is 38.3 Å². The molecule has 1 aromatic rings. The van der Waals surface area contributed by atoms with Gasteiger partial charge in [-0.2, -0.15) is 0 Å². The molecular formula is C19H27N3O3. The van der Waals surface area contributed by atoms with E-state index in [2.05, 4.69) is 5.32 Å². The number of carbonyl (C=O) groups excluding carboxylic acids is 3. The topological polar surface area (TPSA) is 69.7 Å². The van der Waals surface area contributed by atoms with Crippen LogP contribution in [0.1, 0.15) is 36.2 Å². The van der Waals surface area contributed by atoms with Crippen LogP contribution >= 0.6 is 0 Å². The number of Topliss-reactive ketones (excluding diaryl/α,β-unsaturated/α-hetero) is 1. The number of rotatable bonds is 6. The largest absolute Gasteiger partial charge is 0.353 e. The predicted octanol–water partition coefficient (Wildman–Crippen LogP) is 1.24. The second-order valence-electron chi connectivity index (χ2n) is 6.64. The molecule has 1 aliphatic heterocycles. The van der Waals surface area contributed by atoms with Crippen LogP contribution in [-0.4, -0.2) is 66.2 Å². The lowest BCUT2D eigenvalue weighted by atomic mass is 10.1. The smallest absolute Gasteiger partial charge is 0.295 e. The summed E-state index contributed by atoms with van der Waals surface area (Å²) in [5, 5.41) is 2.94. The Morgan fingerprint density at radius 3 is 2.24 bits per heavy atom. The third kappa shape index (κ3) is 5.39. The Bertz CT molecular complexity index is 619. The van der Waals surface area contributed by atoms with Gasteiger partial charge in [0.05, 0.1) is 6.54 Å². The SMILES string of the molecule is CCC(C)NC(=O)CN1CCN(C(=O)C(=O)c2ccc(C)cc2)CC1. The molecule has 0 saturated carbocycles. The predicted molar refractivity (Wildman–Crippen MR) is 96.4 cm³/mol. The zero-order valence-electron chi connectivity index (χ0n) is 15.2. The van der Waals surface area contributed by atoms with Gasteiger partial charge in [-0.3, -0.25) is 19.3 Å². The summed E-state index contributed by atoms with van der Waals surface area (Å²) in [7, 11) is 0. The molecule has 0 bridgehead atoms. The summed E-state index contributed by atoms with van der Waals surface area (Å²) in [5.74, 6) is -0.930. The van der Waals surface area contributed by atoms with E-state index in [0.717, 1.165) is 12.0 Å². The van der Waals surface area contributed by atoms with E-state index in [4.69, 9.17) is 0 Å². The van der Waals surface area contributed by atoms with Crippen LogP contribution in [0.4, 0.5) is 0 Å². The fraction of sp³-hybridized carbons (Fsp3) is 0.526. The van der Waals surface area contributed by atoms with E-state index < -0.39 is 11.7 Å². The zero-order chi connectivity index (χ0) is 18.4. The van der Waals surface area contributed by atoms with Crippen LogP contribution in [0.15, 0.2) is 24.3 Å². The summed E-state index contributed by atoms with van der Waals surface area (Å²) in [6, 6.07) is 7.20. The highest BCUT2D eigenvalue weighted by Crippen LogP contribution is 2.09. The van der Waals surface area contributed by atoms with E-state index >= 15 is 0 Å². The summed E-state index contributed by atoms with van der Waals surface area (Å²) < 4.78 is 0. The Hall–Kier alpha value is -2.21. The molecule has 1 aliphatic rings. The van der Waals surface area contributed by atoms with Gasteiger partial charge in [0.2, 0.25) is 11.7 Å². The molecule has 0 aliphatic carbocycles. The van der Waals surface area contributed by atoms with Crippen molar-refractivity contribution in [2.75, 3.05) is 32.7 Å². The van der Waals surface area contributed by atoms with Gasteiger partial charge in [0, 0.05) is 37.8 Å². The van der Waals surface area contributed by atoms with E-state index in [1.165, 1.54) is 0 Å². The number of benzene rings is 1. The molecule has 0 aromatic heterocycles. The van der Waals surface area contributed by atoms with Crippen LogP contribution < -0.4 is 5.32 Å². The first-order chi connectivity index (χ1) is 11.9. The minimum absolute atomic E-state index is 0.00450. The zero-order valence-corrected chi connectivity index (χ0v) is 15.2. The number of hydrogen-bond donors (Lipinski definition) is 1. The average Bonchev–Trinajstić information content (AvgIpc) is 2.61. The van der Waals surface area contributed by atoms with Gasteiger partial charge in [-0.25, -0.2) is 0 Å². The van der Waals surface area contributed by atoms with Crippen LogP contribution in [0.25, 0.3) is 0 Å². The maximum absolute atomic E-state index is 12.4. The van der Waals surface area contributed by atoms with E-state index in [9.17, 15) is 14.4 Å². The van der Waals surface area contributed by atoms with Crippen molar-refractivity contribution >= 4 is 17.6 Å². The summed E-state index contributed by atoms with van der Waals surface area (Å²) in [4.78, 5) is 40.2. The second-order valence-corrected chi connectivity index (χ2v) is 6.64. The van der Waals surface area contributed by atoms with Gasteiger partial charge >= 0.3 is 0 Å². The number of ketones is 1. The molecule has 136 valence electrons. The van der Waals surface area contributed by atoms with Gasteiger partial charge in [-0.15, -0.1) is 0 Å². The summed E-state index contributed by atoms with van der Waals surface area (Å²) >= 11 is 0. The quantitative estimate of drug-likeness (QED) is 0.622. The van der Waals surface area contributed by atoms with Crippen molar-refractivity contribution in [2.24, 2.45) is 0 Å². The summed E-state index contributed by atoms with van der Waals surface area (Å²) in [6.45, 7) is 8.40. The van der Waals surface area contributed by atoms with E-state index in [-0.39, 0.29) is 11.9 Å². The molecule has 25 heavy (non-hydrogen) atoms.